The molecule has 1 aliphatic rings. The molecule has 1 aromatic rings. The Kier molecular flexibility index (Phi) is 4.30. The van der Waals surface area contributed by atoms with Gasteiger partial charge >= 0.3 is 0 Å². The van der Waals surface area contributed by atoms with Crippen LogP contribution >= 0.6 is 11.6 Å². The van der Waals surface area contributed by atoms with Crippen molar-refractivity contribution in [3.05, 3.63) is 51.9 Å². The van der Waals surface area contributed by atoms with Crippen molar-refractivity contribution in [1.82, 2.24) is 4.90 Å². The third-order valence-corrected chi connectivity index (χ3v) is 4.91. The van der Waals surface area contributed by atoms with Crippen molar-refractivity contribution >= 4 is 33.4 Å². The van der Waals surface area contributed by atoms with Crippen LogP contribution in [0.1, 0.15) is 5.56 Å². The van der Waals surface area contributed by atoms with Crippen molar-refractivity contribution in [2.75, 3.05) is 19.3 Å². The van der Waals surface area contributed by atoms with E-state index in [1.165, 1.54) is 11.0 Å². The number of hydrogen-bond acceptors (Lipinski definition) is 3. The summed E-state index contributed by atoms with van der Waals surface area (Å²) in [6.45, 7) is 0.233. The first-order valence-electron chi connectivity index (χ1n) is 6.02. The minimum absolute atomic E-state index is 0.0356. The van der Waals surface area contributed by atoms with Crippen LogP contribution in [0.5, 0.6) is 0 Å². The predicted molar refractivity (Wildman–Crippen MR) is 80.0 cm³/mol. The Bertz CT molecular complexity index is 692. The van der Waals surface area contributed by atoms with Gasteiger partial charge in [0.2, 0.25) is 0 Å². The Morgan fingerprint density at radius 2 is 2.10 bits per heavy atom. The summed E-state index contributed by atoms with van der Waals surface area (Å²) >= 11 is 5.85. The van der Waals surface area contributed by atoms with E-state index in [2.05, 4.69) is 0 Å². The summed E-state index contributed by atoms with van der Waals surface area (Å²) in [7, 11) is -1.89. The van der Waals surface area contributed by atoms with Crippen molar-refractivity contribution in [3.63, 3.8) is 0 Å². The SMILES string of the molecule is CN1CCS(=O)(=O)/C(=C/C=C/c2cccc(Cl)c2)C1=O. The van der Waals surface area contributed by atoms with Crippen molar-refractivity contribution in [3.8, 4) is 0 Å². The van der Waals surface area contributed by atoms with Crippen LogP contribution in [0.15, 0.2) is 41.3 Å². The maximum absolute atomic E-state index is 11.9. The number of carbonyl (C=O) groups is 1. The minimum Gasteiger partial charge on any atom is -0.340 e. The molecule has 0 aliphatic carbocycles. The fraction of sp³-hybridized carbons (Fsp3) is 0.214. The van der Waals surface area contributed by atoms with Gasteiger partial charge in [0.05, 0.1) is 5.75 Å². The normalized spacial score (nSPS) is 20.8. The number of hydrogen-bond donors (Lipinski definition) is 0. The van der Waals surface area contributed by atoms with Crippen molar-refractivity contribution in [2.24, 2.45) is 0 Å². The van der Waals surface area contributed by atoms with Gasteiger partial charge in [0.15, 0.2) is 9.84 Å². The lowest BCUT2D eigenvalue weighted by Gasteiger charge is -2.23. The Labute approximate surface area is 123 Å². The monoisotopic (exact) mass is 311 g/mol. The van der Waals surface area contributed by atoms with Gasteiger partial charge in [-0.05, 0) is 23.8 Å². The maximum Gasteiger partial charge on any atom is 0.265 e. The summed E-state index contributed by atoms with van der Waals surface area (Å²) in [5.41, 5.74) is 0.836. The van der Waals surface area contributed by atoms with Gasteiger partial charge in [0.1, 0.15) is 4.91 Å². The summed E-state index contributed by atoms with van der Waals surface area (Å²) in [6.07, 6.45) is 4.60. The van der Waals surface area contributed by atoms with E-state index >= 15 is 0 Å². The molecule has 1 heterocycles. The van der Waals surface area contributed by atoms with Crippen LogP contribution < -0.4 is 0 Å². The quantitative estimate of drug-likeness (QED) is 0.786. The van der Waals surface area contributed by atoms with E-state index in [0.29, 0.717) is 5.02 Å². The average molecular weight is 312 g/mol. The van der Waals surface area contributed by atoms with E-state index in [1.807, 2.05) is 6.07 Å². The zero-order valence-corrected chi connectivity index (χ0v) is 12.5. The zero-order valence-electron chi connectivity index (χ0n) is 10.9. The molecule has 0 atom stereocenters. The zero-order chi connectivity index (χ0) is 14.8. The number of rotatable bonds is 2. The average Bonchev–Trinajstić information content (AvgIpc) is 2.39. The van der Waals surface area contributed by atoms with Gasteiger partial charge in [-0.3, -0.25) is 4.79 Å². The smallest absolute Gasteiger partial charge is 0.265 e. The molecule has 0 aromatic heterocycles. The Balaban J connectivity index is 2.27. The number of benzene rings is 1. The molecule has 0 unspecified atom stereocenters. The molecule has 0 bridgehead atoms. The second-order valence-corrected chi connectivity index (χ2v) is 7.00. The van der Waals surface area contributed by atoms with Crippen LogP contribution in [0.25, 0.3) is 6.08 Å². The van der Waals surface area contributed by atoms with Gasteiger partial charge < -0.3 is 4.90 Å². The largest absolute Gasteiger partial charge is 0.340 e. The van der Waals surface area contributed by atoms with Crippen LogP contribution in [0.4, 0.5) is 0 Å². The highest BCUT2D eigenvalue weighted by Gasteiger charge is 2.32. The van der Waals surface area contributed by atoms with E-state index in [0.717, 1.165) is 5.56 Å². The molecule has 1 fully saturated rings. The molecule has 1 amide bonds. The van der Waals surface area contributed by atoms with Gasteiger partial charge in [-0.1, -0.05) is 35.9 Å². The summed E-state index contributed by atoms with van der Waals surface area (Å²) in [4.78, 5) is 13.1. The summed E-state index contributed by atoms with van der Waals surface area (Å²) < 4.78 is 23.7. The lowest BCUT2D eigenvalue weighted by Crippen LogP contribution is -2.40. The molecule has 2 rings (SSSR count). The molecule has 1 aromatic carbocycles. The molecule has 20 heavy (non-hydrogen) atoms. The fourth-order valence-corrected chi connectivity index (χ4v) is 3.46. The maximum atomic E-state index is 11.9. The first kappa shape index (κ1) is 14.8. The van der Waals surface area contributed by atoms with Gasteiger partial charge in [0, 0.05) is 18.6 Å². The molecule has 0 spiro atoms. The molecule has 106 valence electrons. The fourth-order valence-electron chi connectivity index (χ4n) is 1.82. The Hall–Kier alpha value is -1.59. The van der Waals surface area contributed by atoms with E-state index in [4.69, 9.17) is 11.6 Å². The van der Waals surface area contributed by atoms with Crippen LogP contribution in [-0.2, 0) is 14.6 Å². The van der Waals surface area contributed by atoms with E-state index in [9.17, 15) is 13.2 Å². The lowest BCUT2D eigenvalue weighted by molar-refractivity contribution is -0.125. The third kappa shape index (κ3) is 3.29. The summed E-state index contributed by atoms with van der Waals surface area (Å²) in [5, 5.41) is 0.598. The van der Waals surface area contributed by atoms with Crippen molar-refractivity contribution in [2.45, 2.75) is 0 Å². The molecular weight excluding hydrogens is 298 g/mol. The number of halogens is 1. The Morgan fingerprint density at radius 1 is 1.35 bits per heavy atom. The number of sulfone groups is 1. The first-order valence-corrected chi connectivity index (χ1v) is 8.05. The van der Waals surface area contributed by atoms with Gasteiger partial charge in [-0.15, -0.1) is 0 Å². The highest BCUT2D eigenvalue weighted by molar-refractivity contribution is 7.96. The first-order chi connectivity index (χ1) is 9.40. The topological polar surface area (TPSA) is 54.5 Å². The van der Waals surface area contributed by atoms with Crippen molar-refractivity contribution in [1.29, 1.82) is 0 Å². The standard InChI is InChI=1S/C14H14ClNO3S/c1-16-8-9-20(18,19)13(14(16)17)7-3-5-11-4-2-6-12(15)10-11/h2-7,10H,8-9H2,1H3/b5-3+,13-7+. The molecule has 1 aliphatic heterocycles. The molecule has 6 heteroatoms. The lowest BCUT2D eigenvalue weighted by atomic mass is 10.2. The number of allylic oxidation sites excluding steroid dienone is 2. The van der Waals surface area contributed by atoms with Crippen molar-refractivity contribution < 1.29 is 13.2 Å². The second-order valence-electron chi connectivity index (χ2n) is 4.49. The van der Waals surface area contributed by atoms with E-state index in [-0.39, 0.29) is 17.2 Å². The summed E-state index contributed by atoms with van der Waals surface area (Å²) in [5.74, 6) is -0.501. The van der Waals surface area contributed by atoms with Crippen LogP contribution in [0.3, 0.4) is 0 Å². The number of nitrogens with zero attached hydrogens (tertiary/aromatic N) is 1. The van der Waals surface area contributed by atoms with E-state index < -0.39 is 15.7 Å². The molecule has 0 radical (unpaired) electrons. The summed E-state index contributed by atoms with van der Waals surface area (Å²) in [6, 6.07) is 7.14. The number of carbonyl (C=O) groups excluding carboxylic acids is 1. The Morgan fingerprint density at radius 3 is 2.80 bits per heavy atom. The third-order valence-electron chi connectivity index (χ3n) is 2.97. The van der Waals surface area contributed by atoms with Gasteiger partial charge in [-0.2, -0.15) is 0 Å². The molecular formula is C14H14ClNO3S. The molecule has 0 saturated carbocycles. The molecule has 1 saturated heterocycles. The minimum atomic E-state index is -3.48. The van der Waals surface area contributed by atoms with E-state index in [1.54, 1.807) is 37.4 Å². The highest BCUT2D eigenvalue weighted by atomic mass is 35.5. The van der Waals surface area contributed by atoms with Crippen LogP contribution in [0.2, 0.25) is 5.02 Å². The number of amides is 1. The van der Waals surface area contributed by atoms with Crippen LogP contribution in [0, 0.1) is 0 Å². The predicted octanol–water partition coefficient (Wildman–Crippen LogP) is 2.12. The van der Waals surface area contributed by atoms with Gasteiger partial charge in [0.25, 0.3) is 5.91 Å². The molecule has 4 nitrogen and oxygen atoms in total. The van der Waals surface area contributed by atoms with Crippen LogP contribution in [-0.4, -0.2) is 38.6 Å². The molecule has 0 N–H and O–H groups in total. The van der Waals surface area contributed by atoms with Gasteiger partial charge in [-0.25, -0.2) is 8.42 Å². The second kappa shape index (κ2) is 5.81. The highest BCUT2D eigenvalue weighted by Crippen LogP contribution is 2.17. The number of likely N-dealkylation sites (N-methyl/N-ethyl adjacent to an activating group) is 1.